The molecule has 0 bridgehead atoms. The van der Waals surface area contributed by atoms with Crippen molar-refractivity contribution in [1.29, 1.82) is 0 Å². The average molecular weight is 481 g/mol. The first kappa shape index (κ1) is 25.0. The van der Waals surface area contributed by atoms with Crippen LogP contribution in [0.2, 0.25) is 0 Å². The molecule has 0 aliphatic heterocycles. The zero-order valence-corrected chi connectivity index (χ0v) is 22.1. The number of aryl methyl sites for hydroxylation is 2. The van der Waals surface area contributed by atoms with E-state index < -0.39 is 9.76 Å². The fraction of sp³-hybridized carbons (Fsp3) is 0.250. The minimum Gasteiger partial charge on any atom is -0.508 e. The van der Waals surface area contributed by atoms with E-state index in [0.29, 0.717) is 11.3 Å². The number of rotatable bonds is 12. The largest absolute Gasteiger partial charge is 0.508 e. The maximum absolute atomic E-state index is 10.4. The molecule has 0 saturated heterocycles. The molecule has 0 spiro atoms. The van der Waals surface area contributed by atoms with Crippen molar-refractivity contribution in [3.8, 4) is 5.75 Å². The van der Waals surface area contributed by atoms with Crippen LogP contribution in [0.1, 0.15) is 65.6 Å². The Kier molecular flexibility index (Phi) is 9.33. The highest BCUT2D eigenvalue weighted by atomic mass is 28.2. The van der Waals surface area contributed by atoms with Gasteiger partial charge in [-0.2, -0.15) is 0 Å². The van der Waals surface area contributed by atoms with E-state index in [-0.39, 0.29) is 6.10 Å². The van der Waals surface area contributed by atoms with Gasteiger partial charge in [-0.3, -0.25) is 0 Å². The monoisotopic (exact) mass is 480 g/mol. The van der Waals surface area contributed by atoms with Crippen LogP contribution in [0.5, 0.6) is 5.75 Å². The van der Waals surface area contributed by atoms with Crippen LogP contribution < -0.4 is 0 Å². The van der Waals surface area contributed by atoms with Gasteiger partial charge >= 0.3 is 0 Å². The van der Waals surface area contributed by atoms with Crippen LogP contribution in [-0.4, -0.2) is 14.9 Å². The molecule has 4 aromatic carbocycles. The first-order valence-electron chi connectivity index (χ1n) is 12.8. The van der Waals surface area contributed by atoms with Gasteiger partial charge in [-0.15, -0.1) is 0 Å². The second-order valence-electron chi connectivity index (χ2n) is 9.21. The summed E-state index contributed by atoms with van der Waals surface area (Å²) in [6, 6.07) is 38.2. The number of hydrogen-bond donors (Lipinski definition) is 1. The molecule has 4 aromatic rings. The van der Waals surface area contributed by atoms with Gasteiger partial charge in [-0.1, -0.05) is 110 Å². The Bertz CT molecular complexity index is 1110. The number of phenols is 1. The molecule has 3 heteroatoms. The molecular formula is C32H36O2Si. The van der Waals surface area contributed by atoms with Crippen molar-refractivity contribution in [3.63, 3.8) is 0 Å². The third kappa shape index (κ3) is 7.17. The minimum absolute atomic E-state index is 0.0118. The van der Waals surface area contributed by atoms with Crippen LogP contribution >= 0.6 is 0 Å². The molecule has 0 heterocycles. The molecule has 2 nitrogen and oxygen atoms in total. The minimum atomic E-state index is -0.963. The first-order valence-corrected chi connectivity index (χ1v) is 14.2. The third-order valence-corrected chi connectivity index (χ3v) is 8.55. The normalized spacial score (nSPS) is 12.4. The van der Waals surface area contributed by atoms with E-state index >= 15 is 0 Å². The summed E-state index contributed by atoms with van der Waals surface area (Å²) in [5.74, 6) is 0.396. The molecule has 1 atom stereocenters. The molecule has 0 aliphatic carbocycles. The highest BCUT2D eigenvalue weighted by molar-refractivity contribution is 6.31. The Morgan fingerprint density at radius 1 is 0.714 bits per heavy atom. The van der Waals surface area contributed by atoms with Crippen molar-refractivity contribution in [2.24, 2.45) is 0 Å². The highest BCUT2D eigenvalue weighted by Gasteiger charge is 2.20. The summed E-state index contributed by atoms with van der Waals surface area (Å²) in [7, 11) is -0.963. The lowest BCUT2D eigenvalue weighted by Gasteiger charge is -2.24. The lowest BCUT2D eigenvalue weighted by atomic mass is 9.97. The van der Waals surface area contributed by atoms with E-state index in [1.807, 2.05) is 6.07 Å². The van der Waals surface area contributed by atoms with E-state index in [0.717, 1.165) is 37.7 Å². The van der Waals surface area contributed by atoms with Crippen molar-refractivity contribution >= 4 is 9.76 Å². The second-order valence-corrected chi connectivity index (χ2v) is 10.7. The van der Waals surface area contributed by atoms with Crippen LogP contribution in [0, 0.1) is 0 Å². The summed E-state index contributed by atoms with van der Waals surface area (Å²) >= 11 is 0. The van der Waals surface area contributed by atoms with Crippen LogP contribution in [-0.2, 0) is 17.3 Å². The van der Waals surface area contributed by atoms with E-state index in [1.54, 1.807) is 0 Å². The van der Waals surface area contributed by atoms with Crippen molar-refractivity contribution < 1.29 is 9.53 Å². The molecule has 4 rings (SSSR count). The Balaban J connectivity index is 1.59. The lowest BCUT2D eigenvalue weighted by Crippen LogP contribution is -2.17. The zero-order chi connectivity index (χ0) is 24.3. The second kappa shape index (κ2) is 13.1. The molecule has 35 heavy (non-hydrogen) atoms. The van der Waals surface area contributed by atoms with Gasteiger partial charge in [-0.05, 0) is 65.6 Å². The average Bonchev–Trinajstić information content (AvgIpc) is 2.92. The molecule has 0 amide bonds. The summed E-state index contributed by atoms with van der Waals surface area (Å²) in [6.45, 7) is 2.19. The summed E-state index contributed by atoms with van der Waals surface area (Å²) in [5, 5.41) is 10.4. The SMILES string of the molecule is CCCCc1cc(C(CCc2ccccc2)O[SiH2]C(c2ccccc2)c2ccccc2)ccc1O. The Morgan fingerprint density at radius 2 is 1.31 bits per heavy atom. The molecular weight excluding hydrogens is 444 g/mol. The predicted molar refractivity (Wildman–Crippen MR) is 149 cm³/mol. The Hall–Kier alpha value is -3.14. The van der Waals surface area contributed by atoms with Crippen LogP contribution in [0.4, 0.5) is 0 Å². The smallest absolute Gasteiger partial charge is 0.174 e. The van der Waals surface area contributed by atoms with Crippen LogP contribution in [0.25, 0.3) is 0 Å². The number of aromatic hydroxyl groups is 1. The summed E-state index contributed by atoms with van der Waals surface area (Å²) < 4.78 is 6.88. The fourth-order valence-corrected chi connectivity index (χ4v) is 6.34. The van der Waals surface area contributed by atoms with E-state index in [2.05, 4.69) is 110 Å². The van der Waals surface area contributed by atoms with Crippen molar-refractivity contribution in [1.82, 2.24) is 0 Å². The highest BCUT2D eigenvalue weighted by Crippen LogP contribution is 2.31. The maximum Gasteiger partial charge on any atom is 0.174 e. The topological polar surface area (TPSA) is 29.5 Å². The van der Waals surface area contributed by atoms with Gasteiger partial charge in [0.1, 0.15) is 5.75 Å². The number of unbranched alkanes of at least 4 members (excludes halogenated alkanes) is 1. The molecule has 0 aliphatic rings. The van der Waals surface area contributed by atoms with Gasteiger partial charge in [0.25, 0.3) is 0 Å². The molecule has 0 aromatic heterocycles. The van der Waals surface area contributed by atoms with Crippen molar-refractivity contribution in [3.05, 3.63) is 137 Å². The summed E-state index contributed by atoms with van der Waals surface area (Å²) in [4.78, 5) is 0. The maximum atomic E-state index is 10.4. The van der Waals surface area contributed by atoms with Gasteiger partial charge in [0, 0.05) is 5.54 Å². The van der Waals surface area contributed by atoms with E-state index in [4.69, 9.17) is 4.43 Å². The number of phenolic OH excluding ortho intramolecular Hbond substituents is 1. The standard InChI is InChI=1S/C32H36O2Si/c1-2-3-15-28-24-29(21-22-30(28)33)31(23-20-25-13-7-4-8-14-25)34-35-32(26-16-9-5-10-17-26)27-18-11-6-12-19-27/h4-14,16-19,21-22,24,31-33H,2-3,15,20,23,35H2,1H3. The van der Waals surface area contributed by atoms with Crippen molar-refractivity contribution in [2.45, 2.75) is 50.7 Å². The molecule has 0 radical (unpaired) electrons. The van der Waals surface area contributed by atoms with Crippen molar-refractivity contribution in [2.75, 3.05) is 0 Å². The molecule has 1 N–H and O–H groups in total. The number of hydrogen-bond acceptors (Lipinski definition) is 2. The van der Waals surface area contributed by atoms with Gasteiger partial charge in [0.15, 0.2) is 9.76 Å². The Morgan fingerprint density at radius 3 is 1.91 bits per heavy atom. The third-order valence-electron chi connectivity index (χ3n) is 6.68. The zero-order valence-electron chi connectivity index (χ0n) is 20.6. The van der Waals surface area contributed by atoms with E-state index in [9.17, 15) is 5.11 Å². The lowest BCUT2D eigenvalue weighted by molar-refractivity contribution is 0.203. The van der Waals surface area contributed by atoms with E-state index in [1.165, 1.54) is 22.3 Å². The quantitative estimate of drug-likeness (QED) is 0.216. The van der Waals surface area contributed by atoms with Gasteiger partial charge < -0.3 is 9.53 Å². The predicted octanol–water partition coefficient (Wildman–Crippen LogP) is 7.30. The molecule has 0 fully saturated rings. The van der Waals surface area contributed by atoms with Gasteiger partial charge in [0.2, 0.25) is 0 Å². The van der Waals surface area contributed by atoms with Crippen LogP contribution in [0.3, 0.4) is 0 Å². The summed E-state index contributed by atoms with van der Waals surface area (Å²) in [5.41, 5.74) is 6.48. The first-order chi connectivity index (χ1) is 17.2. The molecule has 0 saturated carbocycles. The molecule has 180 valence electrons. The fourth-order valence-electron chi connectivity index (χ4n) is 4.63. The van der Waals surface area contributed by atoms with Gasteiger partial charge in [-0.25, -0.2) is 0 Å². The van der Waals surface area contributed by atoms with Gasteiger partial charge in [0.05, 0.1) is 6.10 Å². The van der Waals surface area contributed by atoms with Crippen LogP contribution in [0.15, 0.2) is 109 Å². The number of benzene rings is 4. The summed E-state index contributed by atoms with van der Waals surface area (Å²) in [6.07, 6.45) is 4.98. The Labute approximate surface area is 212 Å². The molecule has 1 unspecified atom stereocenters.